The molecule has 2 aromatic heterocycles. The fraction of sp³-hybridized carbons (Fsp3) is 0.148. The van der Waals surface area contributed by atoms with Crippen molar-refractivity contribution in [1.29, 1.82) is 0 Å². The van der Waals surface area contributed by atoms with Crippen molar-refractivity contribution in [3.63, 3.8) is 0 Å². The van der Waals surface area contributed by atoms with Gasteiger partial charge in [-0.05, 0) is 41.3 Å². The Morgan fingerprint density at radius 3 is 2.42 bits per heavy atom. The zero-order chi connectivity index (χ0) is 22.7. The molecule has 0 bridgehead atoms. The van der Waals surface area contributed by atoms with Gasteiger partial charge < -0.3 is 4.42 Å². The highest BCUT2D eigenvalue weighted by atomic mass is 32.1. The Kier molecular flexibility index (Phi) is 4.45. The van der Waals surface area contributed by atoms with Gasteiger partial charge in [-0.2, -0.15) is 0 Å². The van der Waals surface area contributed by atoms with Crippen molar-refractivity contribution >= 4 is 43.6 Å². The minimum absolute atomic E-state index is 0.0934. The van der Waals surface area contributed by atoms with Crippen LogP contribution in [-0.2, 0) is 0 Å². The Bertz CT molecular complexity index is 1560. The Balaban J connectivity index is 1.61. The summed E-state index contributed by atoms with van der Waals surface area (Å²) in [6.07, 6.45) is 0. The molecular formula is C27H20N2O3S. The highest BCUT2D eigenvalue weighted by Gasteiger charge is 2.45. The molecule has 3 heterocycles. The lowest BCUT2D eigenvalue weighted by Crippen LogP contribution is -2.29. The van der Waals surface area contributed by atoms with E-state index < -0.39 is 6.04 Å². The standard InChI is InChI=1S/C27H20N2O3S/c1-15(2)16-11-13-17(14-12-16)23-22-24(30)18-7-3-5-9-20(18)32-25(22)26(31)29(23)27-28-19-8-4-6-10-21(19)33-27/h3-15,23H,1-2H3/t23-/m0/s1. The average molecular weight is 453 g/mol. The molecule has 0 radical (unpaired) electrons. The topological polar surface area (TPSA) is 63.4 Å². The normalized spacial score (nSPS) is 15.7. The third kappa shape index (κ3) is 3.02. The molecule has 0 fully saturated rings. The van der Waals surface area contributed by atoms with Crippen molar-refractivity contribution in [2.24, 2.45) is 0 Å². The summed E-state index contributed by atoms with van der Waals surface area (Å²) in [5.74, 6) is 0.131. The quantitative estimate of drug-likeness (QED) is 0.323. The Morgan fingerprint density at radius 2 is 1.67 bits per heavy atom. The maximum atomic E-state index is 13.7. The third-order valence-corrected chi connectivity index (χ3v) is 7.22. The van der Waals surface area contributed by atoms with E-state index in [1.165, 1.54) is 16.9 Å². The monoisotopic (exact) mass is 452 g/mol. The zero-order valence-corrected chi connectivity index (χ0v) is 18.9. The minimum Gasteiger partial charge on any atom is -0.450 e. The van der Waals surface area contributed by atoms with Gasteiger partial charge >= 0.3 is 0 Å². The average Bonchev–Trinajstić information content (AvgIpc) is 3.38. The second kappa shape index (κ2) is 7.39. The first-order valence-electron chi connectivity index (χ1n) is 10.9. The molecule has 0 spiro atoms. The highest BCUT2D eigenvalue weighted by molar-refractivity contribution is 7.22. The SMILES string of the molecule is CC(C)c1ccc([C@H]2c3c(oc4ccccc4c3=O)C(=O)N2c2nc3ccccc3s2)cc1. The number of hydrogen-bond acceptors (Lipinski definition) is 5. The van der Waals surface area contributed by atoms with E-state index in [2.05, 4.69) is 26.0 Å². The molecule has 6 rings (SSSR count). The maximum absolute atomic E-state index is 13.7. The third-order valence-electron chi connectivity index (χ3n) is 6.19. The number of anilines is 1. The molecule has 0 aliphatic carbocycles. The minimum atomic E-state index is -0.602. The van der Waals surface area contributed by atoms with Gasteiger partial charge in [-0.25, -0.2) is 4.98 Å². The molecule has 1 atom stereocenters. The molecule has 1 amide bonds. The molecule has 0 N–H and O–H groups in total. The number of fused-ring (bicyclic) bond motifs is 3. The lowest BCUT2D eigenvalue weighted by molar-refractivity contribution is 0.0971. The number of carbonyl (C=O) groups is 1. The summed E-state index contributed by atoms with van der Waals surface area (Å²) in [6.45, 7) is 4.27. The molecule has 0 unspecified atom stereocenters. The molecule has 1 aliphatic rings. The number of aromatic nitrogens is 1. The van der Waals surface area contributed by atoms with Gasteiger partial charge in [-0.3, -0.25) is 14.5 Å². The molecule has 5 aromatic rings. The summed E-state index contributed by atoms with van der Waals surface area (Å²) in [5.41, 5.74) is 3.47. The van der Waals surface area contributed by atoms with Gasteiger partial charge in [0.2, 0.25) is 5.76 Å². The van der Waals surface area contributed by atoms with Crippen LogP contribution in [0.3, 0.4) is 0 Å². The van der Waals surface area contributed by atoms with Gasteiger partial charge in [0.05, 0.1) is 27.2 Å². The van der Waals surface area contributed by atoms with Gasteiger partial charge in [0, 0.05) is 0 Å². The van der Waals surface area contributed by atoms with E-state index in [4.69, 9.17) is 9.40 Å². The predicted octanol–water partition coefficient (Wildman–Crippen LogP) is 6.28. The molecule has 0 saturated heterocycles. The Morgan fingerprint density at radius 1 is 0.939 bits per heavy atom. The van der Waals surface area contributed by atoms with Crippen molar-refractivity contribution in [2.45, 2.75) is 25.8 Å². The van der Waals surface area contributed by atoms with Crippen molar-refractivity contribution in [3.8, 4) is 0 Å². The number of benzene rings is 3. The van der Waals surface area contributed by atoms with Crippen LogP contribution < -0.4 is 10.3 Å². The molecular weight excluding hydrogens is 432 g/mol. The molecule has 162 valence electrons. The first kappa shape index (κ1) is 19.9. The lowest BCUT2D eigenvalue weighted by atomic mass is 9.95. The summed E-state index contributed by atoms with van der Waals surface area (Å²) in [5, 5.41) is 1.02. The number of hydrogen-bond donors (Lipinski definition) is 0. The fourth-order valence-electron chi connectivity index (χ4n) is 4.46. The van der Waals surface area contributed by atoms with Crippen LogP contribution in [0.15, 0.2) is 82.0 Å². The van der Waals surface area contributed by atoms with E-state index in [1.54, 1.807) is 29.2 Å². The number of carbonyl (C=O) groups excluding carboxylic acids is 1. The summed E-state index contributed by atoms with van der Waals surface area (Å²) in [4.78, 5) is 33.7. The lowest BCUT2D eigenvalue weighted by Gasteiger charge is -2.23. The van der Waals surface area contributed by atoms with E-state index in [-0.39, 0.29) is 17.1 Å². The van der Waals surface area contributed by atoms with Gasteiger partial charge in [-0.15, -0.1) is 0 Å². The van der Waals surface area contributed by atoms with Crippen LogP contribution in [-0.4, -0.2) is 10.9 Å². The fourth-order valence-corrected chi connectivity index (χ4v) is 5.45. The van der Waals surface area contributed by atoms with Gasteiger partial charge in [0.1, 0.15) is 5.58 Å². The molecule has 33 heavy (non-hydrogen) atoms. The summed E-state index contributed by atoms with van der Waals surface area (Å²) in [7, 11) is 0. The first-order valence-corrected chi connectivity index (χ1v) is 11.7. The Hall–Kier alpha value is -3.77. The maximum Gasteiger partial charge on any atom is 0.297 e. The van der Waals surface area contributed by atoms with E-state index in [1.807, 2.05) is 36.4 Å². The second-order valence-electron chi connectivity index (χ2n) is 8.53. The van der Waals surface area contributed by atoms with Crippen LogP contribution in [0, 0.1) is 0 Å². The molecule has 6 heteroatoms. The van der Waals surface area contributed by atoms with Crippen LogP contribution in [0.1, 0.15) is 53.1 Å². The van der Waals surface area contributed by atoms with Gasteiger partial charge in [0.25, 0.3) is 5.91 Å². The van der Waals surface area contributed by atoms with E-state index in [9.17, 15) is 9.59 Å². The number of amides is 1. The van der Waals surface area contributed by atoms with Crippen LogP contribution in [0.5, 0.6) is 0 Å². The number of rotatable bonds is 3. The van der Waals surface area contributed by atoms with Gasteiger partial charge in [-0.1, -0.05) is 73.7 Å². The van der Waals surface area contributed by atoms with Crippen molar-refractivity contribution in [2.75, 3.05) is 4.90 Å². The van der Waals surface area contributed by atoms with E-state index in [0.29, 0.717) is 27.6 Å². The first-order chi connectivity index (χ1) is 16.0. The van der Waals surface area contributed by atoms with Crippen molar-refractivity contribution in [3.05, 3.63) is 105 Å². The van der Waals surface area contributed by atoms with Crippen LogP contribution >= 0.6 is 11.3 Å². The van der Waals surface area contributed by atoms with Crippen LogP contribution in [0.25, 0.3) is 21.2 Å². The summed E-state index contributed by atoms with van der Waals surface area (Å²) >= 11 is 1.44. The van der Waals surface area contributed by atoms with E-state index in [0.717, 1.165) is 15.8 Å². The summed E-state index contributed by atoms with van der Waals surface area (Å²) < 4.78 is 7.00. The second-order valence-corrected chi connectivity index (χ2v) is 9.54. The zero-order valence-electron chi connectivity index (χ0n) is 18.1. The molecule has 0 saturated carbocycles. The highest BCUT2D eigenvalue weighted by Crippen LogP contribution is 2.43. The largest absolute Gasteiger partial charge is 0.450 e. The van der Waals surface area contributed by atoms with Crippen molar-refractivity contribution in [1.82, 2.24) is 4.98 Å². The van der Waals surface area contributed by atoms with Crippen LogP contribution in [0.2, 0.25) is 0 Å². The van der Waals surface area contributed by atoms with Gasteiger partial charge in [0.15, 0.2) is 10.6 Å². The number of thiazole rings is 1. The van der Waals surface area contributed by atoms with Crippen LogP contribution in [0.4, 0.5) is 5.13 Å². The van der Waals surface area contributed by atoms with E-state index >= 15 is 0 Å². The predicted molar refractivity (Wildman–Crippen MR) is 131 cm³/mol. The summed E-state index contributed by atoms with van der Waals surface area (Å²) in [6, 6.07) is 22.3. The smallest absolute Gasteiger partial charge is 0.297 e. The molecule has 3 aromatic carbocycles. The molecule has 1 aliphatic heterocycles. The number of para-hydroxylation sites is 2. The van der Waals surface area contributed by atoms with Crippen molar-refractivity contribution < 1.29 is 9.21 Å². The molecule has 5 nitrogen and oxygen atoms in total. The Labute approximate surface area is 193 Å². The number of nitrogens with zero attached hydrogens (tertiary/aromatic N) is 2.